The number of aryl methyl sites for hydroxylation is 1. The van der Waals surface area contributed by atoms with Crippen LogP contribution in [0.25, 0.3) is 10.8 Å². The fourth-order valence-electron chi connectivity index (χ4n) is 1.14. The van der Waals surface area contributed by atoms with Crippen molar-refractivity contribution >= 4 is 10.8 Å². The van der Waals surface area contributed by atoms with Crippen LogP contribution in [0.2, 0.25) is 0 Å². The van der Waals surface area contributed by atoms with Crippen molar-refractivity contribution in [1.82, 2.24) is 0 Å². The van der Waals surface area contributed by atoms with Gasteiger partial charge in [-0.1, -0.05) is 44.5 Å². The normalized spacial score (nSPS) is 9.46. The summed E-state index contributed by atoms with van der Waals surface area (Å²) in [5.74, 6) is 0.996. The van der Waals surface area contributed by atoms with Gasteiger partial charge in [0.15, 0.2) is 0 Å². The zero-order valence-corrected chi connectivity index (χ0v) is 8.50. The molecule has 0 atom stereocenters. The lowest BCUT2D eigenvalue weighted by atomic mass is 10.2. The third kappa shape index (κ3) is 2.35. The zero-order valence-electron chi connectivity index (χ0n) is 8.50. The summed E-state index contributed by atoms with van der Waals surface area (Å²) in [5.41, 5.74) is 0. The maximum atomic E-state index is 5.21. The van der Waals surface area contributed by atoms with Gasteiger partial charge in [-0.15, -0.1) is 0 Å². The Morgan fingerprint density at radius 3 is 2.38 bits per heavy atom. The molecule has 0 saturated heterocycles. The molecule has 13 heavy (non-hydrogen) atoms. The molecule has 0 aliphatic carbocycles. The highest BCUT2D eigenvalue weighted by Gasteiger charge is 1.97. The van der Waals surface area contributed by atoms with Gasteiger partial charge in [0.25, 0.3) is 0 Å². The van der Waals surface area contributed by atoms with E-state index in [1.165, 1.54) is 17.2 Å². The van der Waals surface area contributed by atoms with Crippen molar-refractivity contribution in [3.63, 3.8) is 0 Å². The van der Waals surface area contributed by atoms with Gasteiger partial charge >= 0.3 is 0 Å². The summed E-state index contributed by atoms with van der Waals surface area (Å²) in [6.07, 6.45) is 3.03. The predicted molar refractivity (Wildman–Crippen MR) is 56.9 cm³/mol. The molecule has 1 aromatic heterocycles. The second-order valence-electron chi connectivity index (χ2n) is 3.09. The highest BCUT2D eigenvalue weighted by Crippen LogP contribution is 2.18. The highest BCUT2D eigenvalue weighted by atomic mass is 16.3. The van der Waals surface area contributed by atoms with Gasteiger partial charge in [0.2, 0.25) is 0 Å². The third-order valence-electron chi connectivity index (χ3n) is 1.70. The minimum absolute atomic E-state index is 0.996. The summed E-state index contributed by atoms with van der Waals surface area (Å²) >= 11 is 0. The molecule has 1 nitrogen and oxygen atoms in total. The van der Waals surface area contributed by atoms with Crippen molar-refractivity contribution in [2.45, 2.75) is 27.2 Å². The minimum Gasteiger partial charge on any atom is -0.468 e. The van der Waals surface area contributed by atoms with Gasteiger partial charge in [-0.25, -0.2) is 0 Å². The van der Waals surface area contributed by atoms with E-state index >= 15 is 0 Å². The van der Waals surface area contributed by atoms with Crippen LogP contribution in [0.3, 0.4) is 0 Å². The monoisotopic (exact) mass is 176 g/mol. The van der Waals surface area contributed by atoms with Crippen LogP contribution in [0.1, 0.15) is 26.0 Å². The van der Waals surface area contributed by atoms with Crippen LogP contribution in [0.4, 0.5) is 0 Å². The van der Waals surface area contributed by atoms with E-state index < -0.39 is 0 Å². The van der Waals surface area contributed by atoms with Crippen LogP contribution < -0.4 is 0 Å². The highest BCUT2D eigenvalue weighted by molar-refractivity contribution is 5.83. The van der Waals surface area contributed by atoms with E-state index in [0.29, 0.717) is 0 Å². The molecule has 0 radical (unpaired) electrons. The number of rotatable bonds is 0. The van der Waals surface area contributed by atoms with Crippen LogP contribution in [0, 0.1) is 6.92 Å². The third-order valence-corrected chi connectivity index (χ3v) is 1.70. The van der Waals surface area contributed by atoms with Gasteiger partial charge in [-0.2, -0.15) is 0 Å². The van der Waals surface area contributed by atoms with Crippen LogP contribution in [0.5, 0.6) is 0 Å². The Kier molecular flexibility index (Phi) is 3.56. The van der Waals surface area contributed by atoms with Gasteiger partial charge < -0.3 is 4.42 Å². The Hall–Kier alpha value is -1.24. The van der Waals surface area contributed by atoms with Crippen molar-refractivity contribution < 1.29 is 4.42 Å². The minimum atomic E-state index is 0.996. The maximum absolute atomic E-state index is 5.21. The van der Waals surface area contributed by atoms with Crippen molar-refractivity contribution in [3.8, 4) is 0 Å². The lowest BCUT2D eigenvalue weighted by Crippen LogP contribution is -1.63. The van der Waals surface area contributed by atoms with Gasteiger partial charge in [0, 0.05) is 10.8 Å². The number of hydrogen-bond donors (Lipinski definition) is 0. The molecule has 0 aliphatic heterocycles. The summed E-state index contributed by atoms with van der Waals surface area (Å²) in [4.78, 5) is 0. The molecule has 2 aromatic rings. The first-order valence-corrected chi connectivity index (χ1v) is 4.72. The van der Waals surface area contributed by atoms with Gasteiger partial charge in [0.1, 0.15) is 5.76 Å². The standard InChI is InChI=1S/C9H8O.C3H8/c1-7-9-5-3-2-4-8(9)6-10-7;1-3-2/h2-6H,1H3;3H2,1-2H3. The van der Waals surface area contributed by atoms with Crippen LogP contribution in [-0.4, -0.2) is 0 Å². The first-order chi connectivity index (χ1) is 6.29. The van der Waals surface area contributed by atoms with E-state index in [9.17, 15) is 0 Å². The molecule has 0 spiro atoms. The number of fused-ring (bicyclic) bond motifs is 1. The topological polar surface area (TPSA) is 13.1 Å². The Morgan fingerprint density at radius 1 is 1.15 bits per heavy atom. The van der Waals surface area contributed by atoms with Gasteiger partial charge in [-0.3, -0.25) is 0 Å². The van der Waals surface area contributed by atoms with Gasteiger partial charge in [-0.05, 0) is 6.92 Å². The quantitative estimate of drug-likeness (QED) is 0.587. The first kappa shape index (κ1) is 9.85. The molecule has 0 N–H and O–H groups in total. The maximum Gasteiger partial charge on any atom is 0.108 e. The summed E-state index contributed by atoms with van der Waals surface area (Å²) in [6, 6.07) is 8.14. The lowest BCUT2D eigenvalue weighted by molar-refractivity contribution is 0.540. The summed E-state index contributed by atoms with van der Waals surface area (Å²) in [5, 5.41) is 2.39. The summed E-state index contributed by atoms with van der Waals surface area (Å²) in [6.45, 7) is 6.22. The average molecular weight is 176 g/mol. The van der Waals surface area contributed by atoms with E-state index in [-0.39, 0.29) is 0 Å². The van der Waals surface area contributed by atoms with Crippen molar-refractivity contribution in [3.05, 3.63) is 36.3 Å². The predicted octanol–water partition coefficient (Wildman–Crippen LogP) is 4.16. The summed E-state index contributed by atoms with van der Waals surface area (Å²) < 4.78 is 5.21. The Bertz CT molecular complexity index is 360. The van der Waals surface area contributed by atoms with E-state index in [0.717, 1.165) is 5.76 Å². The zero-order chi connectivity index (χ0) is 9.68. The molecular formula is C12H16O. The van der Waals surface area contributed by atoms with Crippen molar-refractivity contribution in [2.75, 3.05) is 0 Å². The van der Waals surface area contributed by atoms with Crippen molar-refractivity contribution in [2.24, 2.45) is 0 Å². The molecule has 0 fully saturated rings. The SMILES string of the molecule is CCC.Cc1occ2ccccc12. The molecule has 0 saturated carbocycles. The molecule has 1 heterocycles. The van der Waals surface area contributed by atoms with Crippen LogP contribution in [0.15, 0.2) is 34.9 Å². The molecule has 1 aromatic carbocycles. The van der Waals surface area contributed by atoms with Gasteiger partial charge in [0.05, 0.1) is 6.26 Å². The smallest absolute Gasteiger partial charge is 0.108 e. The number of furan rings is 1. The molecular weight excluding hydrogens is 160 g/mol. The fraction of sp³-hybridized carbons (Fsp3) is 0.333. The molecule has 2 rings (SSSR count). The van der Waals surface area contributed by atoms with E-state index in [1.807, 2.05) is 25.1 Å². The lowest BCUT2D eigenvalue weighted by Gasteiger charge is -1.84. The van der Waals surface area contributed by atoms with Crippen molar-refractivity contribution in [1.29, 1.82) is 0 Å². The number of benzene rings is 1. The largest absolute Gasteiger partial charge is 0.468 e. The second-order valence-corrected chi connectivity index (χ2v) is 3.09. The van der Waals surface area contributed by atoms with Crippen LogP contribution in [-0.2, 0) is 0 Å². The molecule has 0 bridgehead atoms. The molecule has 70 valence electrons. The molecule has 0 unspecified atom stereocenters. The number of hydrogen-bond acceptors (Lipinski definition) is 1. The Morgan fingerprint density at radius 2 is 1.77 bits per heavy atom. The molecule has 0 amide bonds. The average Bonchev–Trinajstić information content (AvgIpc) is 2.50. The molecule has 0 aliphatic rings. The Labute approximate surface area is 79.4 Å². The van der Waals surface area contributed by atoms with E-state index in [4.69, 9.17) is 4.42 Å². The summed E-state index contributed by atoms with van der Waals surface area (Å²) in [7, 11) is 0. The fourth-order valence-corrected chi connectivity index (χ4v) is 1.14. The van der Waals surface area contributed by atoms with Crippen LogP contribution >= 0.6 is 0 Å². The molecule has 1 heteroatoms. The van der Waals surface area contributed by atoms with E-state index in [1.54, 1.807) is 6.26 Å². The van der Waals surface area contributed by atoms with E-state index in [2.05, 4.69) is 19.9 Å². The Balaban J connectivity index is 0.000000251. The first-order valence-electron chi connectivity index (χ1n) is 4.72. The second kappa shape index (κ2) is 4.70.